The minimum absolute atomic E-state index is 0.160. The van der Waals surface area contributed by atoms with Gasteiger partial charge in [0.05, 0.1) is 18.7 Å². The number of aliphatic hydroxyl groups excluding tert-OH is 1. The molecule has 3 N–H and O–H groups in total. The molecular weight excluding hydrogens is 372 g/mol. The molecule has 0 saturated carbocycles. The molecule has 0 fully saturated rings. The van der Waals surface area contributed by atoms with Gasteiger partial charge in [0.25, 0.3) is 0 Å². The summed E-state index contributed by atoms with van der Waals surface area (Å²) in [5.74, 6) is 0. The molecule has 8 heteroatoms. The molecule has 0 aliphatic carbocycles. The first-order chi connectivity index (χ1) is 13.7. The monoisotopic (exact) mass is 398 g/mol. The van der Waals surface area contributed by atoms with Gasteiger partial charge in [0, 0.05) is 65.0 Å². The number of hydrogen-bond acceptors (Lipinski definition) is 7. The first kappa shape index (κ1) is 19.2. The number of aromatic nitrogens is 3. The lowest BCUT2D eigenvalue weighted by Gasteiger charge is -2.18. The lowest BCUT2D eigenvalue weighted by molar-refractivity contribution is 0.293. The second-order valence-electron chi connectivity index (χ2n) is 7.09. The van der Waals surface area contributed by atoms with E-state index in [0.29, 0.717) is 6.54 Å². The molecule has 0 unspecified atom stereocenters. The quantitative estimate of drug-likeness (QED) is 0.373. The summed E-state index contributed by atoms with van der Waals surface area (Å²) in [6.45, 7) is 4.17. The molecule has 0 saturated heterocycles. The van der Waals surface area contributed by atoms with Gasteiger partial charge in [0.1, 0.15) is 5.69 Å². The van der Waals surface area contributed by atoms with Crippen LogP contribution in [-0.4, -0.2) is 71.7 Å². The second-order valence-corrected chi connectivity index (χ2v) is 8.14. The van der Waals surface area contributed by atoms with Crippen LogP contribution < -0.4 is 10.6 Å². The highest BCUT2D eigenvalue weighted by atomic mass is 32.2. The van der Waals surface area contributed by atoms with Crippen molar-refractivity contribution in [3.05, 3.63) is 30.6 Å². The minimum atomic E-state index is 0.160. The van der Waals surface area contributed by atoms with Crippen LogP contribution in [0.5, 0.6) is 0 Å². The summed E-state index contributed by atoms with van der Waals surface area (Å²) in [5.41, 5.74) is 4.42. The van der Waals surface area contributed by atoms with Crippen molar-refractivity contribution in [3.63, 3.8) is 0 Å². The predicted octanol–water partition coefficient (Wildman–Crippen LogP) is 2.12. The molecule has 7 nitrogen and oxygen atoms in total. The number of pyridine rings is 1. The molecule has 3 aromatic rings. The molecule has 148 valence electrons. The van der Waals surface area contributed by atoms with E-state index < -0.39 is 0 Å². The van der Waals surface area contributed by atoms with Crippen molar-refractivity contribution in [1.29, 1.82) is 0 Å². The maximum Gasteiger partial charge on any atom is 0.104 e. The van der Waals surface area contributed by atoms with E-state index >= 15 is 0 Å². The first-order valence-corrected chi connectivity index (χ1v) is 10.4. The average Bonchev–Trinajstić information content (AvgIpc) is 3.07. The molecule has 4 rings (SSSR count). The van der Waals surface area contributed by atoms with Gasteiger partial charge in [-0.15, -0.1) is 0 Å². The largest absolute Gasteiger partial charge is 0.395 e. The number of benzene rings is 1. The van der Waals surface area contributed by atoms with Crippen LogP contribution >= 0.6 is 11.8 Å². The second kappa shape index (κ2) is 8.48. The van der Waals surface area contributed by atoms with Crippen LogP contribution in [0.15, 0.2) is 40.4 Å². The third kappa shape index (κ3) is 3.73. The van der Waals surface area contributed by atoms with E-state index in [2.05, 4.69) is 57.5 Å². The third-order valence-corrected chi connectivity index (χ3v) is 5.99. The van der Waals surface area contributed by atoms with E-state index in [1.165, 1.54) is 15.2 Å². The molecule has 0 radical (unpaired) electrons. The van der Waals surface area contributed by atoms with Crippen LogP contribution in [0, 0.1) is 0 Å². The summed E-state index contributed by atoms with van der Waals surface area (Å²) < 4.78 is 2.11. The lowest BCUT2D eigenvalue weighted by atomic mass is 10.1. The Bertz CT molecular complexity index is 971. The Kier molecular flexibility index (Phi) is 5.82. The Labute approximate surface area is 169 Å². The maximum atomic E-state index is 8.89. The van der Waals surface area contributed by atoms with Gasteiger partial charge in [-0.25, -0.2) is 0 Å². The van der Waals surface area contributed by atoms with Crippen molar-refractivity contribution in [2.75, 3.05) is 52.2 Å². The van der Waals surface area contributed by atoms with Gasteiger partial charge in [-0.1, -0.05) is 11.8 Å². The number of rotatable bonds is 9. The molecule has 0 spiro atoms. The van der Waals surface area contributed by atoms with Crippen molar-refractivity contribution >= 4 is 28.4 Å². The SMILES string of the molecule is CN(C)CCn1nc2c3c(c(NCCNCCO)ccc31)Sc1ccncc1-2. The Morgan fingerprint density at radius 1 is 1.18 bits per heavy atom. The van der Waals surface area contributed by atoms with E-state index in [4.69, 9.17) is 10.2 Å². The fraction of sp³-hybridized carbons (Fsp3) is 0.400. The molecule has 1 aliphatic rings. The molecule has 0 bridgehead atoms. The number of fused-ring (bicyclic) bond motifs is 2. The van der Waals surface area contributed by atoms with Crippen molar-refractivity contribution in [1.82, 2.24) is 25.0 Å². The predicted molar refractivity (Wildman–Crippen MR) is 114 cm³/mol. The zero-order chi connectivity index (χ0) is 19.5. The van der Waals surface area contributed by atoms with E-state index in [1.807, 2.05) is 12.4 Å². The van der Waals surface area contributed by atoms with Crippen LogP contribution in [-0.2, 0) is 6.54 Å². The Balaban J connectivity index is 1.71. The lowest BCUT2D eigenvalue weighted by Crippen LogP contribution is -2.25. The molecule has 28 heavy (non-hydrogen) atoms. The van der Waals surface area contributed by atoms with E-state index in [-0.39, 0.29) is 6.61 Å². The van der Waals surface area contributed by atoms with Gasteiger partial charge in [-0.05, 0) is 32.3 Å². The molecular formula is C20H26N6OS. The normalized spacial score (nSPS) is 12.6. The van der Waals surface area contributed by atoms with Crippen LogP contribution in [0.1, 0.15) is 0 Å². The van der Waals surface area contributed by atoms with Crippen molar-refractivity contribution < 1.29 is 5.11 Å². The maximum absolute atomic E-state index is 8.89. The van der Waals surface area contributed by atoms with Crippen LogP contribution in [0.2, 0.25) is 0 Å². The zero-order valence-corrected chi connectivity index (χ0v) is 17.1. The molecule has 1 aromatic carbocycles. The first-order valence-electron chi connectivity index (χ1n) is 9.55. The third-order valence-electron chi connectivity index (χ3n) is 4.78. The minimum Gasteiger partial charge on any atom is -0.395 e. The van der Waals surface area contributed by atoms with Gasteiger partial charge in [0.15, 0.2) is 0 Å². The smallest absolute Gasteiger partial charge is 0.104 e. The average molecular weight is 399 g/mol. The Morgan fingerprint density at radius 3 is 2.89 bits per heavy atom. The number of hydrogen-bond donors (Lipinski definition) is 3. The summed E-state index contributed by atoms with van der Waals surface area (Å²) >= 11 is 1.78. The van der Waals surface area contributed by atoms with Crippen LogP contribution in [0.25, 0.3) is 22.2 Å². The van der Waals surface area contributed by atoms with Gasteiger partial charge < -0.3 is 20.6 Å². The number of nitrogens with one attached hydrogen (secondary N) is 2. The van der Waals surface area contributed by atoms with Crippen molar-refractivity contribution in [2.45, 2.75) is 16.3 Å². The molecule has 0 amide bonds. The molecule has 3 heterocycles. The van der Waals surface area contributed by atoms with E-state index in [1.54, 1.807) is 11.8 Å². The molecule has 2 aromatic heterocycles. The highest BCUT2D eigenvalue weighted by Gasteiger charge is 2.26. The Hall–Kier alpha value is -2.13. The summed E-state index contributed by atoms with van der Waals surface area (Å²) in [4.78, 5) is 8.92. The van der Waals surface area contributed by atoms with Gasteiger partial charge in [-0.3, -0.25) is 9.67 Å². The van der Waals surface area contributed by atoms with E-state index in [0.717, 1.165) is 48.6 Å². The zero-order valence-electron chi connectivity index (χ0n) is 16.3. The molecule has 1 aliphatic heterocycles. The highest BCUT2D eigenvalue weighted by molar-refractivity contribution is 8.00. The van der Waals surface area contributed by atoms with Crippen LogP contribution in [0.4, 0.5) is 5.69 Å². The van der Waals surface area contributed by atoms with Crippen molar-refractivity contribution in [2.24, 2.45) is 0 Å². The number of likely N-dealkylation sites (N-methyl/N-ethyl adjacent to an activating group) is 1. The number of aliphatic hydroxyl groups is 1. The fourth-order valence-corrected chi connectivity index (χ4v) is 4.55. The summed E-state index contributed by atoms with van der Waals surface area (Å²) in [7, 11) is 4.16. The van der Waals surface area contributed by atoms with Gasteiger partial charge >= 0.3 is 0 Å². The van der Waals surface area contributed by atoms with E-state index in [9.17, 15) is 0 Å². The van der Waals surface area contributed by atoms with Crippen LogP contribution in [0.3, 0.4) is 0 Å². The van der Waals surface area contributed by atoms with Gasteiger partial charge in [-0.2, -0.15) is 5.10 Å². The molecule has 0 atom stereocenters. The summed E-state index contributed by atoms with van der Waals surface area (Å²) in [5, 5.41) is 21.8. The van der Waals surface area contributed by atoms with Crippen molar-refractivity contribution in [3.8, 4) is 11.3 Å². The van der Waals surface area contributed by atoms with Gasteiger partial charge in [0.2, 0.25) is 0 Å². The summed E-state index contributed by atoms with van der Waals surface area (Å²) in [6.07, 6.45) is 3.76. The topological polar surface area (TPSA) is 78.2 Å². The number of nitrogens with zero attached hydrogens (tertiary/aromatic N) is 4. The Morgan fingerprint density at radius 2 is 2.07 bits per heavy atom. The standard InChI is InChI=1S/C20H26N6OS/c1-25(2)10-11-26-16-4-3-15(23-8-7-21-9-12-27)20-18(16)19(24-26)14-13-22-6-5-17(14)28-20/h3-6,13,21,23,27H,7-12H2,1-2H3. The highest BCUT2D eigenvalue weighted by Crippen LogP contribution is 2.49. The summed E-state index contributed by atoms with van der Waals surface area (Å²) in [6, 6.07) is 6.38. The number of anilines is 1. The fourth-order valence-electron chi connectivity index (χ4n) is 3.39.